The van der Waals surface area contributed by atoms with Crippen LogP contribution in [-0.4, -0.2) is 42.6 Å². The highest BCUT2D eigenvalue weighted by atomic mass is 32.1. The van der Waals surface area contributed by atoms with Crippen LogP contribution in [0.1, 0.15) is 20.8 Å². The Morgan fingerprint density at radius 1 is 1.33 bits per heavy atom. The Hall–Kier alpha value is -2.58. The zero-order valence-electron chi connectivity index (χ0n) is 15.5. The average molecular weight is 389 g/mol. The maximum Gasteiger partial charge on any atom is 0.262 e. The largest absolute Gasteiger partial charge is 0.346 e. The first-order valence-corrected chi connectivity index (χ1v) is 9.49. The van der Waals surface area contributed by atoms with E-state index in [0.29, 0.717) is 32.8 Å². The van der Waals surface area contributed by atoms with Gasteiger partial charge in [-0.15, -0.1) is 11.3 Å². The Labute approximate surface area is 160 Å². The molecule has 0 unspecified atom stereocenters. The highest BCUT2D eigenvalue weighted by molar-refractivity contribution is 7.20. The first-order chi connectivity index (χ1) is 12.9. The van der Waals surface area contributed by atoms with Gasteiger partial charge in [0.25, 0.3) is 11.5 Å². The van der Waals surface area contributed by atoms with Gasteiger partial charge in [0.05, 0.1) is 50.3 Å². The van der Waals surface area contributed by atoms with E-state index in [2.05, 4.69) is 10.3 Å². The second-order valence-electron chi connectivity index (χ2n) is 6.72. The molecule has 0 atom stereocenters. The van der Waals surface area contributed by atoms with E-state index in [1.807, 2.05) is 14.1 Å². The Balaban J connectivity index is 1.92. The lowest BCUT2D eigenvalue weighted by Gasteiger charge is -2.08. The lowest BCUT2D eigenvalue weighted by molar-refractivity contribution is -0.856. The van der Waals surface area contributed by atoms with Gasteiger partial charge < -0.3 is 10.2 Å². The van der Waals surface area contributed by atoms with Gasteiger partial charge in [-0.25, -0.2) is 9.37 Å². The van der Waals surface area contributed by atoms with Gasteiger partial charge >= 0.3 is 0 Å². The molecule has 0 aliphatic rings. The van der Waals surface area contributed by atoms with Crippen LogP contribution in [0.3, 0.4) is 0 Å². The van der Waals surface area contributed by atoms with Crippen molar-refractivity contribution >= 4 is 27.5 Å². The Kier molecular flexibility index (Phi) is 5.67. The van der Waals surface area contributed by atoms with E-state index in [1.54, 1.807) is 25.1 Å². The number of carbonyl (C=O) groups is 1. The number of thiophene rings is 1. The normalized spacial score (nSPS) is 11.3. The number of aromatic nitrogens is 2. The van der Waals surface area contributed by atoms with Crippen molar-refractivity contribution in [2.45, 2.75) is 13.5 Å². The molecule has 0 aliphatic carbocycles. The summed E-state index contributed by atoms with van der Waals surface area (Å²) in [6.07, 6.45) is 1.41. The van der Waals surface area contributed by atoms with E-state index < -0.39 is 0 Å². The number of aryl methyl sites for hydroxylation is 1. The summed E-state index contributed by atoms with van der Waals surface area (Å²) < 4.78 is 15.3. The van der Waals surface area contributed by atoms with Crippen LogP contribution in [0.5, 0.6) is 0 Å². The third kappa shape index (κ3) is 4.06. The molecule has 0 spiro atoms. The first kappa shape index (κ1) is 19.2. The number of benzene rings is 1. The molecule has 1 amide bonds. The molecule has 0 bridgehead atoms. The average Bonchev–Trinajstić information content (AvgIpc) is 2.96. The van der Waals surface area contributed by atoms with Crippen molar-refractivity contribution < 1.29 is 14.1 Å². The van der Waals surface area contributed by atoms with Crippen LogP contribution in [0, 0.1) is 12.7 Å². The van der Waals surface area contributed by atoms with Crippen molar-refractivity contribution in [2.75, 3.05) is 27.2 Å². The minimum absolute atomic E-state index is 0.0941. The number of likely N-dealkylation sites (N-methyl/N-ethyl adjacent to an activating group) is 1. The summed E-state index contributed by atoms with van der Waals surface area (Å²) in [7, 11) is 4.03. The predicted octanol–water partition coefficient (Wildman–Crippen LogP) is 0.828. The summed E-state index contributed by atoms with van der Waals surface area (Å²) in [6.45, 7) is 3.21. The van der Waals surface area contributed by atoms with Gasteiger partial charge in [0, 0.05) is 5.56 Å². The lowest BCUT2D eigenvalue weighted by atomic mass is 10.2. The van der Waals surface area contributed by atoms with Crippen LogP contribution in [0.4, 0.5) is 4.39 Å². The first-order valence-electron chi connectivity index (χ1n) is 8.67. The van der Waals surface area contributed by atoms with Gasteiger partial charge in [0.15, 0.2) is 0 Å². The van der Waals surface area contributed by atoms with Gasteiger partial charge in [-0.1, -0.05) is 18.2 Å². The van der Waals surface area contributed by atoms with Crippen molar-refractivity contribution in [1.82, 2.24) is 14.9 Å². The Morgan fingerprint density at radius 3 is 2.78 bits per heavy atom. The quantitative estimate of drug-likeness (QED) is 0.656. The smallest absolute Gasteiger partial charge is 0.262 e. The molecule has 0 saturated heterocycles. The molecule has 2 heterocycles. The van der Waals surface area contributed by atoms with E-state index in [9.17, 15) is 14.0 Å². The monoisotopic (exact) mass is 389 g/mol. The van der Waals surface area contributed by atoms with E-state index in [4.69, 9.17) is 0 Å². The van der Waals surface area contributed by atoms with Crippen molar-refractivity contribution in [3.63, 3.8) is 0 Å². The number of hydrogen-bond donors (Lipinski definition) is 2. The summed E-state index contributed by atoms with van der Waals surface area (Å²) in [4.78, 5) is 31.9. The third-order valence-corrected chi connectivity index (χ3v) is 5.53. The fourth-order valence-electron chi connectivity index (χ4n) is 2.80. The molecule has 0 aliphatic heterocycles. The number of halogens is 1. The van der Waals surface area contributed by atoms with E-state index in [0.717, 1.165) is 6.54 Å². The lowest BCUT2D eigenvalue weighted by Crippen LogP contribution is -3.06. The number of amides is 1. The van der Waals surface area contributed by atoms with Crippen LogP contribution in [-0.2, 0) is 6.54 Å². The number of carbonyl (C=O) groups excluding carboxylic acids is 1. The molecule has 3 rings (SSSR count). The molecule has 6 nitrogen and oxygen atoms in total. The second-order valence-corrected chi connectivity index (χ2v) is 7.72. The maximum atomic E-state index is 13.9. The van der Waals surface area contributed by atoms with Gasteiger partial charge in [-0.05, 0) is 18.6 Å². The topological polar surface area (TPSA) is 68.4 Å². The van der Waals surface area contributed by atoms with Crippen LogP contribution < -0.4 is 15.8 Å². The number of nitrogens with one attached hydrogen (secondary N) is 2. The van der Waals surface area contributed by atoms with Crippen molar-refractivity contribution in [3.05, 3.63) is 62.8 Å². The Morgan fingerprint density at radius 2 is 2.07 bits per heavy atom. The molecule has 27 heavy (non-hydrogen) atoms. The van der Waals surface area contributed by atoms with Crippen LogP contribution in [0.2, 0.25) is 0 Å². The molecule has 2 aromatic heterocycles. The molecular weight excluding hydrogens is 367 g/mol. The predicted molar refractivity (Wildman–Crippen MR) is 104 cm³/mol. The third-order valence-electron chi connectivity index (χ3n) is 4.33. The number of fused-ring (bicyclic) bond motifs is 1. The molecular formula is C19H22FN4O2S+. The van der Waals surface area contributed by atoms with Crippen molar-refractivity contribution in [3.8, 4) is 0 Å². The molecule has 0 fully saturated rings. The fourth-order valence-corrected chi connectivity index (χ4v) is 3.86. The van der Waals surface area contributed by atoms with Gasteiger partial charge in [-0.3, -0.25) is 14.2 Å². The van der Waals surface area contributed by atoms with Crippen molar-refractivity contribution in [1.29, 1.82) is 0 Å². The number of nitrogens with zero attached hydrogens (tertiary/aromatic N) is 2. The van der Waals surface area contributed by atoms with Crippen molar-refractivity contribution in [2.24, 2.45) is 0 Å². The van der Waals surface area contributed by atoms with E-state index >= 15 is 0 Å². The summed E-state index contributed by atoms with van der Waals surface area (Å²) in [5.41, 5.74) is 0.761. The number of quaternary nitrogens is 1. The summed E-state index contributed by atoms with van der Waals surface area (Å²) in [5.74, 6) is -0.563. The highest BCUT2D eigenvalue weighted by Gasteiger charge is 2.19. The van der Waals surface area contributed by atoms with Gasteiger partial charge in [0.2, 0.25) is 0 Å². The maximum absolute atomic E-state index is 13.9. The van der Waals surface area contributed by atoms with Crippen LogP contribution in [0.25, 0.3) is 10.2 Å². The number of rotatable bonds is 6. The molecule has 1 aromatic carbocycles. The minimum Gasteiger partial charge on any atom is -0.346 e. The minimum atomic E-state index is -0.366. The Bertz CT molecular complexity index is 1040. The molecule has 142 valence electrons. The van der Waals surface area contributed by atoms with Crippen LogP contribution >= 0.6 is 11.3 Å². The molecule has 8 heteroatoms. The summed E-state index contributed by atoms with van der Waals surface area (Å²) in [6, 6.07) is 6.33. The summed E-state index contributed by atoms with van der Waals surface area (Å²) in [5, 5.41) is 3.30. The summed E-state index contributed by atoms with van der Waals surface area (Å²) >= 11 is 1.21. The zero-order valence-corrected chi connectivity index (χ0v) is 16.3. The molecule has 3 aromatic rings. The SMILES string of the molecule is Cc1c(C(=O)NCC[NH+](C)C)sc2ncn(Cc3ccccc3F)c(=O)c12. The van der Waals surface area contributed by atoms with Gasteiger partial charge in [0.1, 0.15) is 10.6 Å². The fraction of sp³-hybridized carbons (Fsp3) is 0.316. The second kappa shape index (κ2) is 7.98. The highest BCUT2D eigenvalue weighted by Crippen LogP contribution is 2.26. The zero-order chi connectivity index (χ0) is 19.6. The molecule has 0 saturated carbocycles. The van der Waals surface area contributed by atoms with Crippen LogP contribution in [0.15, 0.2) is 35.4 Å². The van der Waals surface area contributed by atoms with Gasteiger partial charge in [-0.2, -0.15) is 0 Å². The number of hydrogen-bond acceptors (Lipinski definition) is 4. The standard InChI is InChI=1S/C19H21FN4O2S/c1-12-15-18(27-16(12)17(25)21-8-9-23(2)3)22-11-24(19(15)26)10-13-6-4-5-7-14(13)20/h4-7,11H,8-10H2,1-3H3,(H,21,25)/p+1. The van der Waals surface area contributed by atoms with E-state index in [1.165, 1.54) is 33.2 Å². The molecule has 0 radical (unpaired) electrons. The van der Waals surface area contributed by atoms with E-state index in [-0.39, 0.29) is 23.8 Å². The molecule has 2 N–H and O–H groups in total.